The quantitative estimate of drug-likeness (QED) is 0.362. The molecule has 1 aliphatic rings. The van der Waals surface area contributed by atoms with Crippen LogP contribution in [0.25, 0.3) is 0 Å². The maximum atomic E-state index is 13.2. The van der Waals surface area contributed by atoms with E-state index in [4.69, 9.17) is 44.3 Å². The van der Waals surface area contributed by atoms with Crippen LogP contribution in [-0.2, 0) is 16.2 Å². The summed E-state index contributed by atoms with van der Waals surface area (Å²) in [4.78, 5) is 25.9. The zero-order valence-corrected chi connectivity index (χ0v) is 21.7. The molecule has 184 valence electrons. The zero-order chi connectivity index (χ0) is 25.3. The molecule has 35 heavy (non-hydrogen) atoms. The monoisotopic (exact) mass is 575 g/mol. The predicted molar refractivity (Wildman–Crippen MR) is 134 cm³/mol. The lowest BCUT2D eigenvalue weighted by atomic mass is 10.1. The van der Waals surface area contributed by atoms with Crippen LogP contribution in [0.5, 0.6) is 17.2 Å². The molecule has 9 nitrogen and oxygen atoms in total. The molecule has 0 aliphatic carbocycles. The molecule has 2 heterocycles. The highest BCUT2D eigenvalue weighted by atomic mass is 35.5. The molecule has 1 fully saturated rings. The smallest absolute Gasteiger partial charge is 0.305 e. The summed E-state index contributed by atoms with van der Waals surface area (Å²) < 4.78 is 10.9. The summed E-state index contributed by atoms with van der Waals surface area (Å²) in [5, 5.41) is 27.5. The van der Waals surface area contributed by atoms with Gasteiger partial charge in [-0.2, -0.15) is 0 Å². The second-order valence-electron chi connectivity index (χ2n) is 7.18. The number of aromatic hydroxyl groups is 1. The first-order valence-electron chi connectivity index (χ1n) is 9.85. The van der Waals surface area contributed by atoms with Crippen LogP contribution < -0.4 is 14.4 Å². The molecule has 4 rings (SSSR count). The van der Waals surface area contributed by atoms with Crippen molar-refractivity contribution in [3.05, 3.63) is 56.0 Å². The van der Waals surface area contributed by atoms with Crippen molar-refractivity contribution < 1.29 is 29.3 Å². The Morgan fingerprint density at radius 2 is 1.89 bits per heavy atom. The van der Waals surface area contributed by atoms with Crippen molar-refractivity contribution >= 4 is 74.9 Å². The number of amides is 1. The predicted octanol–water partition coefficient (Wildman–Crippen LogP) is 5.41. The molecule has 1 aromatic heterocycles. The van der Waals surface area contributed by atoms with Gasteiger partial charge in [-0.1, -0.05) is 52.2 Å². The van der Waals surface area contributed by atoms with Gasteiger partial charge in [0.15, 0.2) is 22.3 Å². The number of thioether (sulfide) groups is 1. The molecule has 14 heteroatoms. The van der Waals surface area contributed by atoms with Gasteiger partial charge in [-0.3, -0.25) is 14.5 Å². The van der Waals surface area contributed by atoms with Crippen molar-refractivity contribution in [2.24, 2.45) is 0 Å². The Morgan fingerprint density at radius 1 is 1.17 bits per heavy atom. The van der Waals surface area contributed by atoms with Crippen molar-refractivity contribution in [2.45, 2.75) is 23.7 Å². The van der Waals surface area contributed by atoms with E-state index >= 15 is 0 Å². The van der Waals surface area contributed by atoms with Gasteiger partial charge in [0.05, 0.1) is 28.8 Å². The molecular weight excluding hydrogens is 561 g/mol. The second kappa shape index (κ2) is 10.7. The largest absolute Gasteiger partial charge is 0.504 e. The highest BCUT2D eigenvalue weighted by molar-refractivity contribution is 8.01. The Balaban J connectivity index is 1.61. The first-order valence-corrected chi connectivity index (χ1v) is 12.7. The molecule has 2 aromatic carbocycles. The van der Waals surface area contributed by atoms with Crippen LogP contribution in [0.4, 0.5) is 5.13 Å². The number of carbonyl (C=O) groups is 2. The minimum atomic E-state index is -1.09. The summed E-state index contributed by atoms with van der Waals surface area (Å²) in [6, 6.07) is 7.66. The molecule has 2 atom stereocenters. The number of methoxy groups -OCH3 is 1. The Hall–Kier alpha value is -2.44. The molecule has 2 unspecified atom stereocenters. The fourth-order valence-corrected chi connectivity index (χ4v) is 6.50. The molecule has 1 saturated heterocycles. The van der Waals surface area contributed by atoms with Crippen molar-refractivity contribution in [2.75, 3.05) is 12.0 Å². The van der Waals surface area contributed by atoms with E-state index in [1.54, 1.807) is 12.1 Å². The van der Waals surface area contributed by atoms with E-state index in [1.807, 2.05) is 0 Å². The molecule has 0 saturated carbocycles. The third-order valence-corrected chi connectivity index (χ3v) is 7.97. The Kier molecular flexibility index (Phi) is 7.82. The lowest BCUT2D eigenvalue weighted by Gasteiger charge is -2.21. The standard InChI is InChI=1S/C21H16Cl3N3O6S2/c1-32-14-4-9(2-3-13(14)28)20-27(19(31)15(34-20)7-17(29)30)21-26-25-16(35-21)8-33-18-11(23)5-10(22)6-12(18)24/h2-6,15,20,28H,7-8H2,1H3,(H,29,30). The number of phenolic OH excluding ortho intramolecular Hbond substituents is 1. The van der Waals surface area contributed by atoms with Gasteiger partial charge in [-0.25, -0.2) is 0 Å². The van der Waals surface area contributed by atoms with Crippen LogP contribution in [0.2, 0.25) is 15.1 Å². The van der Waals surface area contributed by atoms with E-state index in [2.05, 4.69) is 10.2 Å². The summed E-state index contributed by atoms with van der Waals surface area (Å²) in [5.41, 5.74) is 0.624. The average Bonchev–Trinajstić information content (AvgIpc) is 3.37. The summed E-state index contributed by atoms with van der Waals surface area (Å²) >= 11 is 20.5. The van der Waals surface area contributed by atoms with E-state index in [-0.39, 0.29) is 45.5 Å². The highest BCUT2D eigenvalue weighted by Crippen LogP contribution is 2.48. The van der Waals surface area contributed by atoms with E-state index < -0.39 is 22.5 Å². The summed E-state index contributed by atoms with van der Waals surface area (Å²) in [5.74, 6) is -1.11. The van der Waals surface area contributed by atoms with Gasteiger partial charge in [-0.05, 0) is 29.8 Å². The van der Waals surface area contributed by atoms with Crippen LogP contribution >= 0.6 is 57.9 Å². The normalized spacial score (nSPS) is 17.6. The third kappa shape index (κ3) is 5.54. The number of nitrogens with zero attached hydrogens (tertiary/aromatic N) is 3. The SMILES string of the molecule is COc1cc(C2SC(CC(=O)O)C(=O)N2c2nnc(COc3c(Cl)cc(Cl)cc3Cl)s2)ccc1O. The number of aliphatic carboxylic acids is 1. The summed E-state index contributed by atoms with van der Waals surface area (Å²) in [7, 11) is 1.41. The van der Waals surface area contributed by atoms with E-state index in [0.29, 0.717) is 15.6 Å². The van der Waals surface area contributed by atoms with Gasteiger partial charge in [0.2, 0.25) is 11.0 Å². The van der Waals surface area contributed by atoms with Gasteiger partial charge in [0, 0.05) is 5.02 Å². The van der Waals surface area contributed by atoms with E-state index in [1.165, 1.54) is 42.0 Å². The number of carboxylic acids is 1. The van der Waals surface area contributed by atoms with Gasteiger partial charge >= 0.3 is 5.97 Å². The molecule has 2 N–H and O–H groups in total. The molecule has 3 aromatic rings. The summed E-state index contributed by atoms with van der Waals surface area (Å²) in [6.07, 6.45) is -0.353. The van der Waals surface area contributed by atoms with Gasteiger partial charge in [-0.15, -0.1) is 22.0 Å². The van der Waals surface area contributed by atoms with Crippen LogP contribution in [0.3, 0.4) is 0 Å². The Labute approximate surface area is 222 Å². The van der Waals surface area contributed by atoms with Gasteiger partial charge < -0.3 is 19.7 Å². The first-order chi connectivity index (χ1) is 16.7. The summed E-state index contributed by atoms with van der Waals surface area (Å²) in [6.45, 7) is -0.0236. The van der Waals surface area contributed by atoms with Crippen LogP contribution in [0.1, 0.15) is 22.4 Å². The molecule has 1 amide bonds. The van der Waals surface area contributed by atoms with E-state index in [0.717, 1.165) is 11.3 Å². The maximum absolute atomic E-state index is 13.2. The number of hydrogen-bond acceptors (Lipinski definition) is 9. The molecule has 1 aliphatic heterocycles. The minimum absolute atomic E-state index is 0.0236. The topological polar surface area (TPSA) is 122 Å². The number of ether oxygens (including phenoxy) is 2. The number of carboxylic acid groups (broad SMARTS) is 1. The molecule has 0 bridgehead atoms. The molecule has 0 spiro atoms. The fraction of sp³-hybridized carbons (Fsp3) is 0.238. The number of aromatic nitrogens is 2. The van der Waals surface area contributed by atoms with Crippen molar-refractivity contribution in [1.82, 2.24) is 10.2 Å². The number of carbonyl (C=O) groups excluding carboxylic acids is 1. The van der Waals surface area contributed by atoms with Crippen LogP contribution in [0.15, 0.2) is 30.3 Å². The zero-order valence-electron chi connectivity index (χ0n) is 17.8. The van der Waals surface area contributed by atoms with Gasteiger partial charge in [0.1, 0.15) is 12.0 Å². The van der Waals surface area contributed by atoms with Crippen molar-refractivity contribution in [3.63, 3.8) is 0 Å². The van der Waals surface area contributed by atoms with Crippen molar-refractivity contribution in [1.29, 1.82) is 0 Å². The Bertz CT molecular complexity index is 1270. The highest BCUT2D eigenvalue weighted by Gasteiger charge is 2.44. The van der Waals surface area contributed by atoms with Crippen molar-refractivity contribution in [3.8, 4) is 17.2 Å². The number of rotatable bonds is 8. The lowest BCUT2D eigenvalue weighted by Crippen LogP contribution is -2.31. The lowest BCUT2D eigenvalue weighted by molar-refractivity contribution is -0.138. The number of phenols is 1. The van der Waals surface area contributed by atoms with Crippen LogP contribution in [-0.4, -0.2) is 44.6 Å². The first kappa shape index (κ1) is 25.6. The maximum Gasteiger partial charge on any atom is 0.305 e. The van der Waals surface area contributed by atoms with Crippen LogP contribution in [0, 0.1) is 0 Å². The van der Waals surface area contributed by atoms with E-state index in [9.17, 15) is 19.8 Å². The minimum Gasteiger partial charge on any atom is -0.504 e. The second-order valence-corrected chi connectivity index (χ2v) is 10.8. The number of hydrogen-bond donors (Lipinski definition) is 2. The molecular formula is C21H16Cl3N3O6S2. The average molecular weight is 577 g/mol. The number of benzene rings is 2. The van der Waals surface area contributed by atoms with Gasteiger partial charge in [0.25, 0.3) is 0 Å². The number of anilines is 1. The molecule has 0 radical (unpaired) electrons. The number of halogens is 3. The Morgan fingerprint density at radius 3 is 2.54 bits per heavy atom. The fourth-order valence-electron chi connectivity index (χ4n) is 3.31. The third-order valence-electron chi connectivity index (χ3n) is 4.85.